The second kappa shape index (κ2) is 8.96. The highest BCUT2D eigenvalue weighted by molar-refractivity contribution is 7.89. The van der Waals surface area contributed by atoms with Gasteiger partial charge in [0.1, 0.15) is 0 Å². The van der Waals surface area contributed by atoms with Gasteiger partial charge in [-0.15, -0.1) is 0 Å². The van der Waals surface area contributed by atoms with Crippen LogP contribution >= 0.6 is 0 Å². The summed E-state index contributed by atoms with van der Waals surface area (Å²) >= 11 is 0. The van der Waals surface area contributed by atoms with Crippen LogP contribution in [0.2, 0.25) is 0 Å². The van der Waals surface area contributed by atoms with Gasteiger partial charge in [0.15, 0.2) is 0 Å². The lowest BCUT2D eigenvalue weighted by Crippen LogP contribution is -2.33. The van der Waals surface area contributed by atoms with Crippen molar-refractivity contribution in [3.05, 3.63) is 60.2 Å². The lowest BCUT2D eigenvalue weighted by molar-refractivity contribution is -0.114. The van der Waals surface area contributed by atoms with E-state index < -0.39 is 10.0 Å². The first-order chi connectivity index (χ1) is 12.4. The zero-order valence-corrected chi connectivity index (χ0v) is 16.2. The van der Waals surface area contributed by atoms with Crippen LogP contribution in [0.4, 0.5) is 5.69 Å². The number of benzene rings is 2. The van der Waals surface area contributed by atoms with Gasteiger partial charge in [-0.2, -0.15) is 0 Å². The molecule has 0 aliphatic heterocycles. The highest BCUT2D eigenvalue weighted by Gasteiger charge is 2.26. The molecule has 2 N–H and O–H groups in total. The van der Waals surface area contributed by atoms with Crippen molar-refractivity contribution in [2.45, 2.75) is 44.6 Å². The zero-order chi connectivity index (χ0) is 19.2. The monoisotopic (exact) mass is 374 g/mol. The van der Waals surface area contributed by atoms with Crippen molar-refractivity contribution in [3.63, 3.8) is 0 Å². The number of amides is 1. The fourth-order valence-electron chi connectivity index (χ4n) is 3.01. The predicted molar refractivity (Wildman–Crippen MR) is 104 cm³/mol. The SMILES string of the molecule is CCC(CC)C(NS(=O)(=O)c1ccc(NC(C)=O)cc1)c1ccccc1. The van der Waals surface area contributed by atoms with Crippen LogP contribution in [0, 0.1) is 5.92 Å². The number of sulfonamides is 1. The number of nitrogens with one attached hydrogen (secondary N) is 2. The van der Waals surface area contributed by atoms with Crippen LogP contribution in [-0.2, 0) is 14.8 Å². The molecule has 0 heterocycles. The quantitative estimate of drug-likeness (QED) is 0.730. The summed E-state index contributed by atoms with van der Waals surface area (Å²) in [5.41, 5.74) is 1.52. The van der Waals surface area contributed by atoms with Gasteiger partial charge in [-0.1, -0.05) is 57.0 Å². The van der Waals surface area contributed by atoms with E-state index >= 15 is 0 Å². The molecule has 0 fully saturated rings. The number of hydrogen-bond acceptors (Lipinski definition) is 3. The van der Waals surface area contributed by atoms with Crippen LogP contribution < -0.4 is 10.0 Å². The van der Waals surface area contributed by atoms with E-state index in [1.165, 1.54) is 19.1 Å². The van der Waals surface area contributed by atoms with Crippen molar-refractivity contribution in [2.75, 3.05) is 5.32 Å². The Hall–Kier alpha value is -2.18. The van der Waals surface area contributed by atoms with Gasteiger partial charge in [0, 0.05) is 18.7 Å². The minimum Gasteiger partial charge on any atom is -0.326 e. The van der Waals surface area contributed by atoms with Gasteiger partial charge in [0.2, 0.25) is 15.9 Å². The van der Waals surface area contributed by atoms with Crippen LogP contribution in [0.1, 0.15) is 45.2 Å². The Balaban J connectivity index is 2.29. The summed E-state index contributed by atoms with van der Waals surface area (Å²) in [6, 6.07) is 15.5. The third kappa shape index (κ3) is 5.16. The Labute approximate surface area is 155 Å². The largest absolute Gasteiger partial charge is 0.326 e. The zero-order valence-electron chi connectivity index (χ0n) is 15.4. The molecule has 140 valence electrons. The highest BCUT2D eigenvalue weighted by Crippen LogP contribution is 2.29. The summed E-state index contributed by atoms with van der Waals surface area (Å²) in [4.78, 5) is 11.3. The van der Waals surface area contributed by atoms with Crippen LogP contribution in [0.25, 0.3) is 0 Å². The molecule has 2 rings (SSSR count). The maximum atomic E-state index is 12.9. The molecule has 0 saturated heterocycles. The van der Waals surface area contributed by atoms with Gasteiger partial charge in [-0.25, -0.2) is 13.1 Å². The topological polar surface area (TPSA) is 75.3 Å². The first-order valence-corrected chi connectivity index (χ1v) is 10.3. The fourth-order valence-corrected chi connectivity index (χ4v) is 4.31. The summed E-state index contributed by atoms with van der Waals surface area (Å²) in [5, 5.41) is 2.63. The maximum Gasteiger partial charge on any atom is 0.241 e. The van der Waals surface area contributed by atoms with Gasteiger partial charge >= 0.3 is 0 Å². The van der Waals surface area contributed by atoms with Crippen molar-refractivity contribution in [2.24, 2.45) is 5.92 Å². The van der Waals surface area contributed by atoms with E-state index in [0.717, 1.165) is 18.4 Å². The lowest BCUT2D eigenvalue weighted by Gasteiger charge is -2.26. The second-order valence-electron chi connectivity index (χ2n) is 6.29. The smallest absolute Gasteiger partial charge is 0.241 e. The molecule has 0 aliphatic rings. The lowest BCUT2D eigenvalue weighted by atomic mass is 9.90. The number of hydrogen-bond donors (Lipinski definition) is 2. The number of carbonyl (C=O) groups is 1. The molecule has 0 bridgehead atoms. The number of carbonyl (C=O) groups excluding carboxylic acids is 1. The molecule has 1 unspecified atom stereocenters. The van der Waals surface area contributed by atoms with Crippen molar-refractivity contribution >= 4 is 21.6 Å². The van der Waals surface area contributed by atoms with E-state index in [1.54, 1.807) is 12.1 Å². The molecule has 2 aromatic carbocycles. The first kappa shape index (κ1) is 20.1. The Kier molecular flexibility index (Phi) is 6.94. The van der Waals surface area contributed by atoms with Crippen molar-refractivity contribution in [1.29, 1.82) is 0 Å². The third-order valence-corrected chi connectivity index (χ3v) is 5.90. The van der Waals surface area contributed by atoms with Crippen LogP contribution in [0.5, 0.6) is 0 Å². The standard InChI is InChI=1S/C20H26N2O3S/c1-4-16(5-2)20(17-9-7-6-8-10-17)22-26(24,25)19-13-11-18(12-14-19)21-15(3)23/h6-14,16,20,22H,4-5H2,1-3H3,(H,21,23). The molecule has 26 heavy (non-hydrogen) atoms. The Morgan fingerprint density at radius 1 is 0.962 bits per heavy atom. The molecule has 0 aliphatic carbocycles. The minimum atomic E-state index is -3.68. The molecule has 0 saturated carbocycles. The molecule has 6 heteroatoms. The van der Waals surface area contributed by atoms with Gasteiger partial charge in [0.25, 0.3) is 0 Å². The number of rotatable bonds is 8. The second-order valence-corrected chi connectivity index (χ2v) is 8.01. The average molecular weight is 375 g/mol. The third-order valence-electron chi connectivity index (χ3n) is 4.45. The molecule has 0 radical (unpaired) electrons. The maximum absolute atomic E-state index is 12.9. The van der Waals surface area contributed by atoms with Crippen LogP contribution in [0.3, 0.4) is 0 Å². The Morgan fingerprint density at radius 2 is 1.54 bits per heavy atom. The predicted octanol–water partition coefficient (Wildman–Crippen LogP) is 4.10. The fraction of sp³-hybridized carbons (Fsp3) is 0.350. The summed E-state index contributed by atoms with van der Waals surface area (Å²) in [5.74, 6) is 0.00225. The normalized spacial score (nSPS) is 12.8. The van der Waals surface area contributed by atoms with E-state index in [2.05, 4.69) is 23.9 Å². The van der Waals surface area contributed by atoms with E-state index in [9.17, 15) is 13.2 Å². The van der Waals surface area contributed by atoms with Crippen LogP contribution in [0.15, 0.2) is 59.5 Å². The Bertz CT molecular complexity index is 814. The molecule has 2 aromatic rings. The van der Waals surface area contributed by atoms with Gasteiger partial charge in [-0.3, -0.25) is 4.79 Å². The van der Waals surface area contributed by atoms with Gasteiger partial charge < -0.3 is 5.32 Å². The van der Waals surface area contributed by atoms with E-state index in [-0.39, 0.29) is 22.8 Å². The Morgan fingerprint density at radius 3 is 2.04 bits per heavy atom. The van der Waals surface area contributed by atoms with Crippen molar-refractivity contribution in [3.8, 4) is 0 Å². The molecule has 1 amide bonds. The average Bonchev–Trinajstić information content (AvgIpc) is 2.62. The molecular weight excluding hydrogens is 348 g/mol. The highest BCUT2D eigenvalue weighted by atomic mass is 32.2. The molecular formula is C20H26N2O3S. The molecule has 1 atom stereocenters. The van der Waals surface area contributed by atoms with Crippen LogP contribution in [-0.4, -0.2) is 14.3 Å². The summed E-state index contributed by atoms with van der Waals surface area (Å²) in [6.45, 7) is 5.55. The van der Waals surface area contributed by atoms with Crippen molar-refractivity contribution in [1.82, 2.24) is 4.72 Å². The van der Waals surface area contributed by atoms with E-state index in [4.69, 9.17) is 0 Å². The van der Waals surface area contributed by atoms with Gasteiger partial charge in [0.05, 0.1) is 4.90 Å². The molecule has 0 aromatic heterocycles. The summed E-state index contributed by atoms with van der Waals surface area (Å²) in [6.07, 6.45) is 1.75. The molecule has 5 nitrogen and oxygen atoms in total. The van der Waals surface area contributed by atoms with Crippen molar-refractivity contribution < 1.29 is 13.2 Å². The first-order valence-electron chi connectivity index (χ1n) is 8.82. The number of anilines is 1. The summed E-state index contributed by atoms with van der Waals surface area (Å²) in [7, 11) is -3.68. The molecule has 0 spiro atoms. The minimum absolute atomic E-state index is 0.179. The van der Waals surface area contributed by atoms with Gasteiger partial charge in [-0.05, 0) is 35.7 Å². The summed E-state index contributed by atoms with van der Waals surface area (Å²) < 4.78 is 28.6. The van der Waals surface area contributed by atoms with E-state index in [0.29, 0.717) is 5.69 Å². The van der Waals surface area contributed by atoms with E-state index in [1.807, 2.05) is 30.3 Å².